The van der Waals surface area contributed by atoms with E-state index in [0.717, 1.165) is 53.7 Å². The molecule has 2 N–H and O–H groups in total. The van der Waals surface area contributed by atoms with Gasteiger partial charge in [-0.05, 0) is 56.5 Å². The Bertz CT molecular complexity index is 587. The van der Waals surface area contributed by atoms with Gasteiger partial charge in [0.15, 0.2) is 0 Å². The average Bonchev–Trinajstić information content (AvgIpc) is 2.81. The van der Waals surface area contributed by atoms with Crippen molar-refractivity contribution in [1.82, 2.24) is 9.88 Å². The smallest absolute Gasteiger partial charge is 0.124 e. The molecule has 1 saturated heterocycles. The molecule has 2 heterocycles. The summed E-state index contributed by atoms with van der Waals surface area (Å²) >= 11 is 1.60. The predicted molar refractivity (Wildman–Crippen MR) is 88.5 cm³/mol. The van der Waals surface area contributed by atoms with Crippen LogP contribution in [-0.2, 0) is 6.54 Å². The highest BCUT2D eigenvalue weighted by Gasteiger charge is 2.20. The van der Waals surface area contributed by atoms with Crippen LogP contribution in [0.4, 0.5) is 4.39 Å². The van der Waals surface area contributed by atoms with Crippen molar-refractivity contribution >= 4 is 34.0 Å². The molecule has 116 valence electrons. The molecular formula is C15H21ClFN3S. The van der Waals surface area contributed by atoms with Crippen molar-refractivity contribution in [3.8, 4) is 0 Å². The maximum absolute atomic E-state index is 13.2. The third-order valence-electron chi connectivity index (χ3n) is 3.93. The molecule has 1 atom stereocenters. The van der Waals surface area contributed by atoms with Crippen molar-refractivity contribution in [3.63, 3.8) is 0 Å². The first-order chi connectivity index (χ1) is 9.74. The zero-order chi connectivity index (χ0) is 13.9. The van der Waals surface area contributed by atoms with Gasteiger partial charge < -0.3 is 5.73 Å². The van der Waals surface area contributed by atoms with Crippen LogP contribution in [0.15, 0.2) is 18.2 Å². The van der Waals surface area contributed by atoms with Crippen molar-refractivity contribution in [3.05, 3.63) is 29.0 Å². The molecule has 0 bridgehead atoms. The Morgan fingerprint density at radius 3 is 3.10 bits per heavy atom. The molecule has 1 aliphatic heterocycles. The van der Waals surface area contributed by atoms with Gasteiger partial charge in [-0.15, -0.1) is 23.7 Å². The fourth-order valence-corrected chi connectivity index (χ4v) is 4.01. The number of halogens is 2. The van der Waals surface area contributed by atoms with Gasteiger partial charge in [0.1, 0.15) is 10.8 Å². The molecule has 1 unspecified atom stereocenters. The minimum atomic E-state index is -0.186. The van der Waals surface area contributed by atoms with Crippen molar-refractivity contribution in [2.75, 3.05) is 19.6 Å². The lowest BCUT2D eigenvalue weighted by molar-refractivity contribution is 0.163. The molecule has 1 aliphatic rings. The van der Waals surface area contributed by atoms with Gasteiger partial charge in [0, 0.05) is 6.54 Å². The number of nitrogens with two attached hydrogens (primary N) is 1. The molecule has 2 aromatic rings. The van der Waals surface area contributed by atoms with Gasteiger partial charge in [-0.1, -0.05) is 0 Å². The Hall–Kier alpha value is -0.750. The summed E-state index contributed by atoms with van der Waals surface area (Å²) in [4.78, 5) is 7.06. The molecule has 0 radical (unpaired) electrons. The summed E-state index contributed by atoms with van der Waals surface area (Å²) in [5.41, 5.74) is 6.56. The third-order valence-corrected chi connectivity index (χ3v) is 4.93. The molecule has 1 aromatic heterocycles. The first-order valence-electron chi connectivity index (χ1n) is 7.22. The quantitative estimate of drug-likeness (QED) is 0.934. The van der Waals surface area contributed by atoms with Gasteiger partial charge in [-0.25, -0.2) is 9.37 Å². The number of piperidine rings is 1. The molecule has 3 rings (SSSR count). The summed E-state index contributed by atoms with van der Waals surface area (Å²) in [6.45, 7) is 3.90. The van der Waals surface area contributed by atoms with Gasteiger partial charge in [0.25, 0.3) is 0 Å². The minimum absolute atomic E-state index is 0. The number of aromatic nitrogens is 1. The Morgan fingerprint density at radius 2 is 2.29 bits per heavy atom. The van der Waals surface area contributed by atoms with E-state index in [4.69, 9.17) is 5.73 Å². The largest absolute Gasteiger partial charge is 0.330 e. The van der Waals surface area contributed by atoms with Crippen LogP contribution in [0.3, 0.4) is 0 Å². The number of hydrogen-bond donors (Lipinski definition) is 1. The van der Waals surface area contributed by atoms with Gasteiger partial charge in [-0.3, -0.25) is 4.90 Å². The van der Waals surface area contributed by atoms with Crippen LogP contribution >= 0.6 is 23.7 Å². The fourth-order valence-electron chi connectivity index (χ4n) is 2.97. The predicted octanol–water partition coefficient (Wildman–Crippen LogP) is 3.42. The lowest BCUT2D eigenvalue weighted by Crippen LogP contribution is -2.35. The number of nitrogens with zero attached hydrogens (tertiary/aromatic N) is 2. The van der Waals surface area contributed by atoms with Crippen LogP contribution in [0.2, 0.25) is 0 Å². The number of benzene rings is 1. The SMILES string of the molecule is Cl.NCCC1CCCN(Cc2nc3ccc(F)cc3s2)C1. The molecule has 1 fully saturated rings. The third kappa shape index (κ3) is 4.13. The number of hydrogen-bond acceptors (Lipinski definition) is 4. The van der Waals surface area contributed by atoms with Crippen LogP contribution in [0.5, 0.6) is 0 Å². The van der Waals surface area contributed by atoms with E-state index >= 15 is 0 Å². The van der Waals surface area contributed by atoms with Gasteiger partial charge >= 0.3 is 0 Å². The van der Waals surface area contributed by atoms with E-state index in [1.807, 2.05) is 0 Å². The molecule has 0 amide bonds. The maximum Gasteiger partial charge on any atom is 0.124 e. The van der Waals surface area contributed by atoms with Crippen LogP contribution in [-0.4, -0.2) is 29.5 Å². The normalized spacial score (nSPS) is 19.6. The topological polar surface area (TPSA) is 42.1 Å². The van der Waals surface area contributed by atoms with Crippen LogP contribution in [0.25, 0.3) is 10.2 Å². The Morgan fingerprint density at radius 1 is 1.43 bits per heavy atom. The molecule has 3 nitrogen and oxygen atoms in total. The summed E-state index contributed by atoms with van der Waals surface area (Å²) in [5.74, 6) is 0.536. The van der Waals surface area contributed by atoms with E-state index in [9.17, 15) is 4.39 Å². The lowest BCUT2D eigenvalue weighted by Gasteiger charge is -2.31. The Kier molecular flexibility index (Phi) is 5.93. The molecular weight excluding hydrogens is 309 g/mol. The van der Waals surface area contributed by atoms with E-state index in [1.165, 1.54) is 18.9 Å². The van der Waals surface area contributed by atoms with Gasteiger partial charge in [-0.2, -0.15) is 0 Å². The van der Waals surface area contributed by atoms with Crippen molar-refractivity contribution < 1.29 is 4.39 Å². The summed E-state index contributed by atoms with van der Waals surface area (Å²) < 4.78 is 14.1. The van der Waals surface area contributed by atoms with Gasteiger partial charge in [0.05, 0.1) is 16.8 Å². The van der Waals surface area contributed by atoms with Gasteiger partial charge in [0.2, 0.25) is 0 Å². The molecule has 21 heavy (non-hydrogen) atoms. The summed E-state index contributed by atoms with van der Waals surface area (Å²) in [6, 6.07) is 4.81. The molecule has 6 heteroatoms. The first kappa shape index (κ1) is 16.6. The van der Waals surface area contributed by atoms with E-state index in [-0.39, 0.29) is 18.2 Å². The highest BCUT2D eigenvalue weighted by Crippen LogP contribution is 2.26. The second kappa shape index (κ2) is 7.49. The van der Waals surface area contributed by atoms with E-state index in [0.29, 0.717) is 0 Å². The van der Waals surface area contributed by atoms with Crippen molar-refractivity contribution in [1.29, 1.82) is 0 Å². The average molecular weight is 330 g/mol. The summed E-state index contributed by atoms with van der Waals surface area (Å²) in [5, 5.41) is 1.08. The second-order valence-electron chi connectivity index (χ2n) is 5.54. The number of thiazole rings is 1. The molecule has 0 spiro atoms. The minimum Gasteiger partial charge on any atom is -0.330 e. The van der Waals surface area contributed by atoms with Crippen molar-refractivity contribution in [2.45, 2.75) is 25.8 Å². The Labute approximate surface area is 134 Å². The highest BCUT2D eigenvalue weighted by molar-refractivity contribution is 7.18. The molecule has 1 aromatic carbocycles. The second-order valence-corrected chi connectivity index (χ2v) is 6.66. The lowest BCUT2D eigenvalue weighted by atomic mass is 9.95. The summed E-state index contributed by atoms with van der Waals surface area (Å²) in [7, 11) is 0. The highest BCUT2D eigenvalue weighted by atomic mass is 35.5. The standard InChI is InChI=1S/C15H20FN3S.ClH/c16-12-3-4-13-14(8-12)20-15(18-13)10-19-7-1-2-11(9-19)5-6-17;/h3-4,8,11H,1-2,5-7,9-10,17H2;1H. The monoisotopic (exact) mass is 329 g/mol. The molecule has 0 saturated carbocycles. The van der Waals surface area contributed by atoms with Crippen molar-refractivity contribution in [2.24, 2.45) is 11.7 Å². The van der Waals surface area contributed by atoms with Crippen LogP contribution < -0.4 is 5.73 Å². The number of fused-ring (bicyclic) bond motifs is 1. The maximum atomic E-state index is 13.2. The summed E-state index contributed by atoms with van der Waals surface area (Å²) in [6.07, 6.45) is 3.64. The van der Waals surface area contributed by atoms with E-state index in [2.05, 4.69) is 9.88 Å². The fraction of sp³-hybridized carbons (Fsp3) is 0.533. The van der Waals surface area contributed by atoms with E-state index in [1.54, 1.807) is 23.5 Å². The number of likely N-dealkylation sites (tertiary alicyclic amines) is 1. The van der Waals surface area contributed by atoms with Crippen LogP contribution in [0, 0.1) is 11.7 Å². The zero-order valence-corrected chi connectivity index (χ0v) is 13.6. The van der Waals surface area contributed by atoms with E-state index < -0.39 is 0 Å². The Balaban J connectivity index is 0.00000161. The number of rotatable bonds is 4. The van der Waals surface area contributed by atoms with Crippen LogP contribution in [0.1, 0.15) is 24.3 Å². The molecule has 0 aliphatic carbocycles. The first-order valence-corrected chi connectivity index (χ1v) is 8.03. The zero-order valence-electron chi connectivity index (χ0n) is 11.9.